The van der Waals surface area contributed by atoms with E-state index in [1.165, 1.54) is 16.8 Å². The Balaban J connectivity index is 1.81. The van der Waals surface area contributed by atoms with Gasteiger partial charge in [-0.1, -0.05) is 23.7 Å². The average Bonchev–Trinajstić information content (AvgIpc) is 2.41. The molecular weight excluding hydrogens is 256 g/mol. The SMILES string of the molecule is Cc1cccc(NCCNc2ccc(Cl)cc2)c1C. The van der Waals surface area contributed by atoms with Crippen molar-refractivity contribution in [3.8, 4) is 0 Å². The topological polar surface area (TPSA) is 24.1 Å². The minimum absolute atomic E-state index is 0.763. The minimum atomic E-state index is 0.763. The van der Waals surface area contributed by atoms with Gasteiger partial charge in [0.05, 0.1) is 0 Å². The van der Waals surface area contributed by atoms with Gasteiger partial charge in [0, 0.05) is 29.5 Å². The fourth-order valence-electron chi connectivity index (χ4n) is 1.91. The van der Waals surface area contributed by atoms with Crippen LogP contribution in [0.2, 0.25) is 5.02 Å². The van der Waals surface area contributed by atoms with Crippen molar-refractivity contribution in [2.24, 2.45) is 0 Å². The summed E-state index contributed by atoms with van der Waals surface area (Å²) in [6.07, 6.45) is 0. The van der Waals surface area contributed by atoms with Crippen molar-refractivity contribution in [2.45, 2.75) is 13.8 Å². The maximum Gasteiger partial charge on any atom is 0.0407 e. The highest BCUT2D eigenvalue weighted by atomic mass is 35.5. The highest BCUT2D eigenvalue weighted by molar-refractivity contribution is 6.30. The molecule has 0 unspecified atom stereocenters. The fraction of sp³-hybridized carbons (Fsp3) is 0.250. The molecule has 0 radical (unpaired) electrons. The van der Waals surface area contributed by atoms with E-state index in [4.69, 9.17) is 11.6 Å². The molecule has 2 N–H and O–H groups in total. The lowest BCUT2D eigenvalue weighted by atomic mass is 10.1. The number of aryl methyl sites for hydroxylation is 1. The maximum absolute atomic E-state index is 5.85. The van der Waals surface area contributed by atoms with Crippen LogP contribution in [0.25, 0.3) is 0 Å². The normalized spacial score (nSPS) is 10.3. The monoisotopic (exact) mass is 274 g/mol. The van der Waals surface area contributed by atoms with Gasteiger partial charge in [-0.25, -0.2) is 0 Å². The lowest BCUT2D eigenvalue weighted by Crippen LogP contribution is -2.14. The molecule has 19 heavy (non-hydrogen) atoms. The van der Waals surface area contributed by atoms with E-state index < -0.39 is 0 Å². The summed E-state index contributed by atoms with van der Waals surface area (Å²) in [6.45, 7) is 6.03. The Labute approximate surface area is 119 Å². The summed E-state index contributed by atoms with van der Waals surface area (Å²) in [4.78, 5) is 0. The minimum Gasteiger partial charge on any atom is -0.383 e. The Morgan fingerprint density at radius 3 is 2.32 bits per heavy atom. The van der Waals surface area contributed by atoms with Gasteiger partial charge in [0.15, 0.2) is 0 Å². The molecule has 0 saturated heterocycles. The zero-order valence-electron chi connectivity index (χ0n) is 11.3. The number of benzene rings is 2. The van der Waals surface area contributed by atoms with Gasteiger partial charge in [0.25, 0.3) is 0 Å². The third-order valence-corrected chi connectivity index (χ3v) is 3.47. The Morgan fingerprint density at radius 1 is 0.895 bits per heavy atom. The predicted octanol–water partition coefficient (Wildman–Crippen LogP) is 4.48. The van der Waals surface area contributed by atoms with Crippen LogP contribution in [0, 0.1) is 13.8 Å². The van der Waals surface area contributed by atoms with Crippen LogP contribution in [0.5, 0.6) is 0 Å². The third-order valence-electron chi connectivity index (χ3n) is 3.22. The van der Waals surface area contributed by atoms with Crippen molar-refractivity contribution >= 4 is 23.0 Å². The van der Waals surface area contributed by atoms with E-state index in [1.807, 2.05) is 24.3 Å². The molecule has 0 saturated carbocycles. The first-order valence-corrected chi connectivity index (χ1v) is 6.84. The van der Waals surface area contributed by atoms with Gasteiger partial charge >= 0.3 is 0 Å². The molecule has 0 spiro atoms. The zero-order valence-corrected chi connectivity index (χ0v) is 12.1. The van der Waals surface area contributed by atoms with Crippen LogP contribution in [0.15, 0.2) is 42.5 Å². The van der Waals surface area contributed by atoms with Crippen molar-refractivity contribution in [1.29, 1.82) is 0 Å². The number of hydrogen-bond acceptors (Lipinski definition) is 2. The second-order valence-electron chi connectivity index (χ2n) is 4.61. The van der Waals surface area contributed by atoms with Crippen LogP contribution < -0.4 is 10.6 Å². The van der Waals surface area contributed by atoms with Crippen LogP contribution >= 0.6 is 11.6 Å². The van der Waals surface area contributed by atoms with Crippen molar-refractivity contribution in [3.63, 3.8) is 0 Å². The summed E-state index contributed by atoms with van der Waals surface area (Å²) in [5.74, 6) is 0. The molecule has 0 amide bonds. The number of hydrogen-bond donors (Lipinski definition) is 2. The molecule has 0 bridgehead atoms. The van der Waals surface area contributed by atoms with Gasteiger partial charge in [0.1, 0.15) is 0 Å². The van der Waals surface area contributed by atoms with Crippen LogP contribution in [0.1, 0.15) is 11.1 Å². The fourth-order valence-corrected chi connectivity index (χ4v) is 2.04. The molecule has 3 heteroatoms. The van der Waals surface area contributed by atoms with Crippen LogP contribution in [0.4, 0.5) is 11.4 Å². The van der Waals surface area contributed by atoms with Crippen LogP contribution in [0.3, 0.4) is 0 Å². The summed E-state index contributed by atoms with van der Waals surface area (Å²) in [7, 11) is 0. The standard InChI is InChI=1S/C16H19ClN2/c1-12-4-3-5-16(13(12)2)19-11-10-18-15-8-6-14(17)7-9-15/h3-9,18-19H,10-11H2,1-2H3. The molecule has 0 aliphatic heterocycles. The molecule has 2 aromatic rings. The highest BCUT2D eigenvalue weighted by Gasteiger charge is 1.99. The van der Waals surface area contributed by atoms with Crippen molar-refractivity contribution < 1.29 is 0 Å². The highest BCUT2D eigenvalue weighted by Crippen LogP contribution is 2.17. The Hall–Kier alpha value is -1.67. The lowest BCUT2D eigenvalue weighted by molar-refractivity contribution is 1.07. The van der Waals surface area contributed by atoms with Crippen LogP contribution in [-0.2, 0) is 0 Å². The second kappa shape index (κ2) is 6.48. The molecular formula is C16H19ClN2. The lowest BCUT2D eigenvalue weighted by Gasteiger charge is -2.12. The quantitative estimate of drug-likeness (QED) is 0.786. The summed E-state index contributed by atoms with van der Waals surface area (Å²) in [5.41, 5.74) is 4.93. The van der Waals surface area contributed by atoms with Crippen LogP contribution in [-0.4, -0.2) is 13.1 Å². The predicted molar refractivity (Wildman–Crippen MR) is 84.3 cm³/mol. The van der Waals surface area contributed by atoms with Gasteiger partial charge in [-0.05, 0) is 55.3 Å². The number of halogens is 1. The molecule has 0 heterocycles. The Morgan fingerprint density at radius 2 is 1.58 bits per heavy atom. The van der Waals surface area contributed by atoms with E-state index in [0.29, 0.717) is 0 Å². The summed E-state index contributed by atoms with van der Waals surface area (Å²) in [6, 6.07) is 14.1. The van der Waals surface area contributed by atoms with E-state index in [2.05, 4.69) is 42.7 Å². The molecule has 0 atom stereocenters. The molecule has 2 aromatic carbocycles. The largest absolute Gasteiger partial charge is 0.383 e. The number of anilines is 2. The molecule has 2 nitrogen and oxygen atoms in total. The molecule has 0 fully saturated rings. The number of nitrogens with one attached hydrogen (secondary N) is 2. The first-order valence-electron chi connectivity index (χ1n) is 6.46. The van der Waals surface area contributed by atoms with E-state index in [0.717, 1.165) is 23.8 Å². The molecule has 100 valence electrons. The van der Waals surface area contributed by atoms with E-state index in [-0.39, 0.29) is 0 Å². The Kier molecular flexibility index (Phi) is 4.69. The summed E-state index contributed by atoms with van der Waals surface area (Å²) >= 11 is 5.85. The van der Waals surface area contributed by atoms with Gasteiger partial charge in [-0.3, -0.25) is 0 Å². The van der Waals surface area contributed by atoms with Crippen molar-refractivity contribution in [3.05, 3.63) is 58.6 Å². The first-order chi connectivity index (χ1) is 9.16. The van der Waals surface area contributed by atoms with E-state index >= 15 is 0 Å². The van der Waals surface area contributed by atoms with E-state index in [9.17, 15) is 0 Å². The molecule has 0 aliphatic rings. The first kappa shape index (κ1) is 13.8. The van der Waals surface area contributed by atoms with Gasteiger partial charge < -0.3 is 10.6 Å². The molecule has 0 aromatic heterocycles. The third kappa shape index (κ3) is 3.90. The van der Waals surface area contributed by atoms with E-state index in [1.54, 1.807) is 0 Å². The van der Waals surface area contributed by atoms with Gasteiger partial charge in [-0.15, -0.1) is 0 Å². The average molecular weight is 275 g/mol. The second-order valence-corrected chi connectivity index (χ2v) is 5.04. The zero-order chi connectivity index (χ0) is 13.7. The number of rotatable bonds is 5. The smallest absolute Gasteiger partial charge is 0.0407 e. The van der Waals surface area contributed by atoms with Gasteiger partial charge in [0.2, 0.25) is 0 Å². The van der Waals surface area contributed by atoms with Crippen molar-refractivity contribution in [1.82, 2.24) is 0 Å². The van der Waals surface area contributed by atoms with Gasteiger partial charge in [-0.2, -0.15) is 0 Å². The summed E-state index contributed by atoms with van der Waals surface area (Å²) in [5, 5.41) is 7.56. The Bertz CT molecular complexity index is 535. The summed E-state index contributed by atoms with van der Waals surface area (Å²) < 4.78 is 0. The molecule has 0 aliphatic carbocycles. The molecule has 2 rings (SSSR count). The maximum atomic E-state index is 5.85. The van der Waals surface area contributed by atoms with Crippen molar-refractivity contribution in [2.75, 3.05) is 23.7 Å².